The first-order valence-electron chi connectivity index (χ1n) is 8.23. The molecule has 0 fully saturated rings. The number of benzene rings is 1. The average molecular weight is 345 g/mol. The zero-order valence-corrected chi connectivity index (χ0v) is 15.9. The van der Waals surface area contributed by atoms with Crippen LogP contribution >= 0.6 is 0 Å². The van der Waals surface area contributed by atoms with Crippen molar-refractivity contribution < 1.29 is 8.42 Å². The third-order valence-corrected chi connectivity index (χ3v) is 5.15. The van der Waals surface area contributed by atoms with Gasteiger partial charge in [0.15, 0.2) is 9.84 Å². The largest absolute Gasteiger partial charge is 0.223 e. The second-order valence-corrected chi connectivity index (χ2v) is 8.27. The lowest BCUT2D eigenvalue weighted by Gasteiger charge is -2.01. The summed E-state index contributed by atoms with van der Waals surface area (Å²) in [5.41, 5.74) is 3.60. The van der Waals surface area contributed by atoms with E-state index >= 15 is 0 Å². The van der Waals surface area contributed by atoms with Crippen molar-refractivity contribution in [2.75, 3.05) is 5.75 Å². The predicted octanol–water partition coefficient (Wildman–Crippen LogP) is 5.66. The zero-order chi connectivity index (χ0) is 18.0. The highest BCUT2D eigenvalue weighted by molar-refractivity contribution is 7.91. The van der Waals surface area contributed by atoms with Gasteiger partial charge >= 0.3 is 0 Å². The van der Waals surface area contributed by atoms with Gasteiger partial charge in [-0.1, -0.05) is 65.3 Å². The Kier molecular flexibility index (Phi) is 8.48. The Hall–Kier alpha value is -1.87. The topological polar surface area (TPSA) is 34.1 Å². The van der Waals surface area contributed by atoms with Gasteiger partial charge in [-0.25, -0.2) is 8.42 Å². The summed E-state index contributed by atoms with van der Waals surface area (Å²) in [6.07, 6.45) is 12.1. The van der Waals surface area contributed by atoms with Gasteiger partial charge < -0.3 is 0 Å². The number of allylic oxidation sites excluding steroid dienone is 7. The first kappa shape index (κ1) is 20.2. The molecule has 1 aromatic carbocycles. The molecule has 24 heavy (non-hydrogen) atoms. The van der Waals surface area contributed by atoms with Gasteiger partial charge in [-0.05, 0) is 52.7 Å². The molecule has 0 aliphatic rings. The molecule has 0 aromatic heterocycles. The standard InChI is InChI=1S/C21H28O2S/c1-18(2)10-8-11-19(3)12-9-13-20(4)16-17-24(22,23)21-14-6-5-7-15-21/h5-7,9-10,12-16H,8,11,17H2,1-4H3/b13-9+,19-12+,20-16+. The van der Waals surface area contributed by atoms with E-state index in [4.69, 9.17) is 0 Å². The van der Waals surface area contributed by atoms with Crippen LogP contribution in [0.3, 0.4) is 0 Å². The molecule has 1 aromatic rings. The summed E-state index contributed by atoms with van der Waals surface area (Å²) in [6.45, 7) is 8.25. The lowest BCUT2D eigenvalue weighted by molar-refractivity contribution is 0.599. The van der Waals surface area contributed by atoms with Crippen LogP contribution in [-0.4, -0.2) is 14.2 Å². The van der Waals surface area contributed by atoms with Crippen molar-refractivity contribution in [1.29, 1.82) is 0 Å². The average Bonchev–Trinajstić information content (AvgIpc) is 2.53. The molecule has 0 amide bonds. The Morgan fingerprint density at radius 3 is 2.29 bits per heavy atom. The lowest BCUT2D eigenvalue weighted by Crippen LogP contribution is -2.04. The zero-order valence-electron chi connectivity index (χ0n) is 15.1. The molecule has 1 rings (SSSR count). The van der Waals surface area contributed by atoms with Gasteiger partial charge in [-0.3, -0.25) is 0 Å². The van der Waals surface area contributed by atoms with E-state index in [9.17, 15) is 8.42 Å². The summed E-state index contributed by atoms with van der Waals surface area (Å²) < 4.78 is 24.4. The second kappa shape index (κ2) is 10.1. The van der Waals surface area contributed by atoms with E-state index in [2.05, 4.69) is 32.9 Å². The van der Waals surface area contributed by atoms with Crippen LogP contribution in [0.5, 0.6) is 0 Å². The van der Waals surface area contributed by atoms with E-state index in [0.717, 1.165) is 18.4 Å². The number of hydrogen-bond donors (Lipinski definition) is 0. The molecule has 0 bridgehead atoms. The third kappa shape index (κ3) is 8.11. The number of rotatable bonds is 8. The fourth-order valence-electron chi connectivity index (χ4n) is 2.07. The van der Waals surface area contributed by atoms with Crippen molar-refractivity contribution >= 4 is 9.84 Å². The minimum atomic E-state index is -3.25. The van der Waals surface area contributed by atoms with E-state index in [1.54, 1.807) is 30.3 Å². The van der Waals surface area contributed by atoms with Gasteiger partial charge in [-0.15, -0.1) is 0 Å². The summed E-state index contributed by atoms with van der Waals surface area (Å²) in [4.78, 5) is 0.369. The monoisotopic (exact) mass is 344 g/mol. The van der Waals surface area contributed by atoms with Crippen LogP contribution in [0.2, 0.25) is 0 Å². The van der Waals surface area contributed by atoms with Crippen LogP contribution in [0.4, 0.5) is 0 Å². The van der Waals surface area contributed by atoms with Gasteiger partial charge in [0.25, 0.3) is 0 Å². The molecule has 130 valence electrons. The van der Waals surface area contributed by atoms with Crippen LogP contribution in [-0.2, 0) is 9.84 Å². The van der Waals surface area contributed by atoms with Gasteiger partial charge in [0.1, 0.15) is 0 Å². The summed E-state index contributed by atoms with van der Waals surface area (Å²) in [5, 5.41) is 0. The maximum absolute atomic E-state index is 12.2. The smallest absolute Gasteiger partial charge is 0.181 e. The van der Waals surface area contributed by atoms with E-state index < -0.39 is 9.84 Å². The normalized spacial score (nSPS) is 13.3. The van der Waals surface area contributed by atoms with Crippen LogP contribution in [0.1, 0.15) is 40.5 Å². The SMILES string of the molecule is CC(C)=CCC/C(C)=C/C=C/C(C)=C/CS(=O)(=O)c1ccccc1. The van der Waals surface area contributed by atoms with Crippen molar-refractivity contribution in [2.24, 2.45) is 0 Å². The molecular formula is C21H28O2S. The highest BCUT2D eigenvalue weighted by atomic mass is 32.2. The van der Waals surface area contributed by atoms with E-state index in [0.29, 0.717) is 4.90 Å². The van der Waals surface area contributed by atoms with Crippen LogP contribution < -0.4 is 0 Å². The molecule has 0 N–H and O–H groups in total. The van der Waals surface area contributed by atoms with Crippen molar-refractivity contribution in [1.82, 2.24) is 0 Å². The van der Waals surface area contributed by atoms with Crippen molar-refractivity contribution in [3.05, 3.63) is 77.4 Å². The Bertz CT molecular complexity index is 729. The summed E-state index contributed by atoms with van der Waals surface area (Å²) in [6, 6.07) is 8.56. The van der Waals surface area contributed by atoms with Crippen LogP contribution in [0.25, 0.3) is 0 Å². The van der Waals surface area contributed by atoms with Gasteiger partial charge in [0.2, 0.25) is 0 Å². The molecule has 2 nitrogen and oxygen atoms in total. The van der Waals surface area contributed by atoms with Gasteiger partial charge in [-0.2, -0.15) is 0 Å². The Morgan fingerprint density at radius 2 is 1.67 bits per heavy atom. The molecule has 0 radical (unpaired) electrons. The quantitative estimate of drug-likeness (QED) is 0.451. The molecule has 0 heterocycles. The molecule has 0 atom stereocenters. The van der Waals surface area contributed by atoms with Gasteiger partial charge in [0.05, 0.1) is 10.6 Å². The summed E-state index contributed by atoms with van der Waals surface area (Å²) in [5.74, 6) is 0.0243. The van der Waals surface area contributed by atoms with Crippen molar-refractivity contribution in [3.63, 3.8) is 0 Å². The molecule has 3 heteroatoms. The molecule has 0 saturated carbocycles. The maximum Gasteiger partial charge on any atom is 0.181 e. The first-order chi connectivity index (χ1) is 11.3. The predicted molar refractivity (Wildman–Crippen MR) is 104 cm³/mol. The van der Waals surface area contributed by atoms with E-state index in [-0.39, 0.29) is 5.75 Å². The van der Waals surface area contributed by atoms with Crippen LogP contribution in [0, 0.1) is 0 Å². The Labute approximate surface area is 147 Å². The van der Waals surface area contributed by atoms with Gasteiger partial charge in [0, 0.05) is 0 Å². The van der Waals surface area contributed by atoms with Crippen molar-refractivity contribution in [3.8, 4) is 0 Å². The molecular weight excluding hydrogens is 316 g/mol. The van der Waals surface area contributed by atoms with E-state index in [1.165, 1.54) is 11.1 Å². The van der Waals surface area contributed by atoms with E-state index in [1.807, 2.05) is 25.1 Å². The molecule has 0 saturated heterocycles. The third-order valence-electron chi connectivity index (χ3n) is 3.56. The molecule has 0 unspecified atom stereocenters. The first-order valence-corrected chi connectivity index (χ1v) is 9.88. The fourth-order valence-corrected chi connectivity index (χ4v) is 3.32. The Balaban J connectivity index is 2.59. The number of sulfone groups is 1. The fraction of sp³-hybridized carbons (Fsp3) is 0.333. The Morgan fingerprint density at radius 1 is 1.00 bits per heavy atom. The highest BCUT2D eigenvalue weighted by Gasteiger charge is 2.11. The summed E-state index contributed by atoms with van der Waals surface area (Å²) >= 11 is 0. The summed E-state index contributed by atoms with van der Waals surface area (Å²) in [7, 11) is -3.25. The number of hydrogen-bond acceptors (Lipinski definition) is 2. The maximum atomic E-state index is 12.2. The molecule has 0 spiro atoms. The van der Waals surface area contributed by atoms with Crippen molar-refractivity contribution in [2.45, 2.75) is 45.4 Å². The lowest BCUT2D eigenvalue weighted by atomic mass is 10.1. The second-order valence-electron chi connectivity index (χ2n) is 6.23. The molecule has 0 aliphatic carbocycles. The minimum Gasteiger partial charge on any atom is -0.223 e. The highest BCUT2D eigenvalue weighted by Crippen LogP contribution is 2.11. The minimum absolute atomic E-state index is 0.0243. The van der Waals surface area contributed by atoms with Crippen LogP contribution in [0.15, 0.2) is 82.3 Å². The molecule has 0 aliphatic heterocycles.